The molecule has 0 N–H and O–H groups in total. The Morgan fingerprint density at radius 1 is 1.39 bits per heavy atom. The quantitative estimate of drug-likeness (QED) is 0.770. The maximum absolute atomic E-state index is 6.24. The highest BCUT2D eigenvalue weighted by Gasteiger charge is 2.47. The maximum Gasteiger partial charge on any atom is 0.120 e. The van der Waals surface area contributed by atoms with Crippen LogP contribution in [-0.2, 0) is 4.74 Å². The minimum absolute atomic E-state index is 0.123. The van der Waals surface area contributed by atoms with Crippen LogP contribution in [0.5, 0.6) is 5.75 Å². The van der Waals surface area contributed by atoms with Gasteiger partial charge < -0.3 is 9.47 Å². The number of alkyl halides is 1. The molecule has 0 bridgehead atoms. The van der Waals surface area contributed by atoms with Gasteiger partial charge in [-0.1, -0.05) is 41.9 Å². The summed E-state index contributed by atoms with van der Waals surface area (Å²) in [4.78, 5) is 0. The van der Waals surface area contributed by atoms with Crippen molar-refractivity contribution >= 4 is 15.9 Å². The van der Waals surface area contributed by atoms with Crippen LogP contribution in [0.3, 0.4) is 0 Å². The van der Waals surface area contributed by atoms with E-state index in [9.17, 15) is 0 Å². The van der Waals surface area contributed by atoms with Crippen LogP contribution in [0.2, 0.25) is 0 Å². The van der Waals surface area contributed by atoms with Gasteiger partial charge in [-0.15, -0.1) is 0 Å². The van der Waals surface area contributed by atoms with Gasteiger partial charge in [0.1, 0.15) is 11.9 Å². The van der Waals surface area contributed by atoms with Gasteiger partial charge in [0.15, 0.2) is 0 Å². The summed E-state index contributed by atoms with van der Waals surface area (Å²) >= 11 is 3.62. The van der Waals surface area contributed by atoms with E-state index >= 15 is 0 Å². The number of benzene rings is 1. The van der Waals surface area contributed by atoms with Crippen molar-refractivity contribution in [1.82, 2.24) is 0 Å². The second-order valence-corrected chi connectivity index (χ2v) is 6.15. The molecule has 18 heavy (non-hydrogen) atoms. The molecule has 2 nitrogen and oxygen atoms in total. The van der Waals surface area contributed by atoms with Crippen molar-refractivity contribution in [2.45, 2.75) is 26.9 Å². The first kappa shape index (κ1) is 13.9. The Balaban J connectivity index is 2.16. The van der Waals surface area contributed by atoms with E-state index in [0.29, 0.717) is 5.92 Å². The molecule has 1 aliphatic heterocycles. The Morgan fingerprint density at radius 2 is 2.11 bits per heavy atom. The Bertz CT molecular complexity index is 394. The molecular formula is C15H21BrO2. The summed E-state index contributed by atoms with van der Waals surface area (Å²) in [6.45, 7) is 8.08. The number of halogens is 1. The van der Waals surface area contributed by atoms with Crippen molar-refractivity contribution in [3.05, 3.63) is 29.8 Å². The molecule has 0 radical (unpaired) electrons. The molecule has 0 aromatic heterocycles. The van der Waals surface area contributed by atoms with Gasteiger partial charge in [0, 0.05) is 5.33 Å². The molecule has 2 rings (SSSR count). The normalized spacial score (nSPS) is 19.4. The van der Waals surface area contributed by atoms with E-state index in [1.165, 1.54) is 5.56 Å². The van der Waals surface area contributed by atoms with E-state index in [4.69, 9.17) is 9.47 Å². The fraction of sp³-hybridized carbons (Fsp3) is 0.600. The summed E-state index contributed by atoms with van der Waals surface area (Å²) in [5.74, 6) is 1.42. The number of hydrogen-bond acceptors (Lipinski definition) is 2. The van der Waals surface area contributed by atoms with E-state index in [0.717, 1.165) is 24.3 Å². The zero-order valence-corrected chi connectivity index (χ0v) is 12.9. The Kier molecular flexibility index (Phi) is 4.33. The summed E-state index contributed by atoms with van der Waals surface area (Å²) in [6, 6.07) is 8.25. The zero-order chi connectivity index (χ0) is 13.2. The van der Waals surface area contributed by atoms with Crippen molar-refractivity contribution in [1.29, 1.82) is 0 Å². The van der Waals surface area contributed by atoms with E-state index in [1.54, 1.807) is 0 Å². The number of hydrogen-bond donors (Lipinski definition) is 0. The summed E-state index contributed by atoms with van der Waals surface area (Å²) in [7, 11) is 0. The van der Waals surface area contributed by atoms with Gasteiger partial charge >= 0.3 is 0 Å². The highest BCUT2D eigenvalue weighted by atomic mass is 79.9. The van der Waals surface area contributed by atoms with Crippen molar-refractivity contribution in [3.8, 4) is 5.75 Å². The molecule has 1 aliphatic rings. The first-order valence-corrected chi connectivity index (χ1v) is 7.56. The lowest BCUT2D eigenvalue weighted by Gasteiger charge is -2.47. The lowest BCUT2D eigenvalue weighted by atomic mass is 9.77. The third kappa shape index (κ3) is 2.72. The summed E-state index contributed by atoms with van der Waals surface area (Å²) < 4.78 is 11.7. The van der Waals surface area contributed by atoms with E-state index in [1.807, 2.05) is 12.1 Å². The van der Waals surface area contributed by atoms with Crippen LogP contribution in [0.4, 0.5) is 0 Å². The van der Waals surface area contributed by atoms with Crippen LogP contribution in [0.1, 0.15) is 19.4 Å². The lowest BCUT2D eigenvalue weighted by molar-refractivity contribution is -0.160. The van der Waals surface area contributed by atoms with Gasteiger partial charge in [-0.3, -0.25) is 0 Å². The SMILES string of the molecule is Cc1cccc(OC(C(C)C)C2(CBr)COC2)c1. The first-order chi connectivity index (χ1) is 8.57. The average Bonchev–Trinajstić information content (AvgIpc) is 2.27. The minimum atomic E-state index is 0.123. The second kappa shape index (κ2) is 5.62. The fourth-order valence-corrected chi connectivity index (χ4v) is 3.13. The van der Waals surface area contributed by atoms with Crippen molar-refractivity contribution in [2.75, 3.05) is 18.5 Å². The van der Waals surface area contributed by atoms with E-state index in [2.05, 4.69) is 48.8 Å². The van der Waals surface area contributed by atoms with Crippen molar-refractivity contribution in [3.63, 3.8) is 0 Å². The molecule has 100 valence electrons. The highest BCUT2D eigenvalue weighted by molar-refractivity contribution is 9.09. The number of aryl methyl sites for hydroxylation is 1. The molecule has 1 heterocycles. The van der Waals surface area contributed by atoms with Crippen molar-refractivity contribution in [2.24, 2.45) is 11.3 Å². The Morgan fingerprint density at radius 3 is 2.56 bits per heavy atom. The topological polar surface area (TPSA) is 18.5 Å². The smallest absolute Gasteiger partial charge is 0.120 e. The molecule has 0 saturated carbocycles. The Hall–Kier alpha value is -0.540. The van der Waals surface area contributed by atoms with Crippen LogP contribution in [0.25, 0.3) is 0 Å². The van der Waals surface area contributed by atoms with Gasteiger partial charge in [0.25, 0.3) is 0 Å². The molecule has 0 spiro atoms. The Labute approximate surface area is 118 Å². The predicted molar refractivity (Wildman–Crippen MR) is 77.5 cm³/mol. The van der Waals surface area contributed by atoms with Crippen LogP contribution < -0.4 is 4.74 Å². The summed E-state index contributed by atoms with van der Waals surface area (Å²) in [5, 5.41) is 0.925. The largest absolute Gasteiger partial charge is 0.489 e. The molecule has 1 saturated heterocycles. The fourth-order valence-electron chi connectivity index (χ4n) is 2.49. The summed E-state index contributed by atoms with van der Waals surface area (Å²) in [5.41, 5.74) is 1.35. The monoisotopic (exact) mass is 312 g/mol. The second-order valence-electron chi connectivity index (χ2n) is 5.59. The maximum atomic E-state index is 6.24. The molecule has 1 atom stereocenters. The predicted octanol–water partition coefficient (Wildman–Crippen LogP) is 3.81. The third-order valence-corrected chi connectivity index (χ3v) is 4.62. The van der Waals surface area contributed by atoms with Crippen LogP contribution in [-0.4, -0.2) is 24.6 Å². The molecule has 0 amide bonds. The van der Waals surface area contributed by atoms with E-state index < -0.39 is 0 Å². The van der Waals surface area contributed by atoms with Gasteiger partial charge in [-0.2, -0.15) is 0 Å². The average molecular weight is 313 g/mol. The molecule has 1 aromatic carbocycles. The van der Waals surface area contributed by atoms with Crippen LogP contribution in [0, 0.1) is 18.3 Å². The van der Waals surface area contributed by atoms with Crippen molar-refractivity contribution < 1.29 is 9.47 Å². The van der Waals surface area contributed by atoms with Gasteiger partial charge in [0.2, 0.25) is 0 Å². The van der Waals surface area contributed by atoms with Gasteiger partial charge in [-0.25, -0.2) is 0 Å². The minimum Gasteiger partial charge on any atom is -0.489 e. The lowest BCUT2D eigenvalue weighted by Crippen LogP contribution is -2.56. The highest BCUT2D eigenvalue weighted by Crippen LogP contribution is 2.39. The van der Waals surface area contributed by atoms with Crippen LogP contribution in [0.15, 0.2) is 24.3 Å². The molecule has 1 aromatic rings. The zero-order valence-electron chi connectivity index (χ0n) is 11.3. The first-order valence-electron chi connectivity index (χ1n) is 6.44. The number of rotatable bonds is 5. The molecule has 1 fully saturated rings. The molecular weight excluding hydrogens is 292 g/mol. The standard InChI is InChI=1S/C15H21BrO2/c1-11(2)14(15(8-16)9-17-10-15)18-13-6-4-5-12(3)7-13/h4-7,11,14H,8-10H2,1-3H3. The van der Waals surface area contributed by atoms with Gasteiger partial charge in [-0.05, 0) is 30.5 Å². The van der Waals surface area contributed by atoms with Crippen LogP contribution >= 0.6 is 15.9 Å². The molecule has 1 unspecified atom stereocenters. The third-order valence-electron chi connectivity index (χ3n) is 3.51. The number of ether oxygens (including phenoxy) is 2. The van der Waals surface area contributed by atoms with Gasteiger partial charge in [0.05, 0.1) is 18.6 Å². The van der Waals surface area contributed by atoms with E-state index in [-0.39, 0.29) is 11.5 Å². The molecule has 3 heteroatoms. The molecule has 0 aliphatic carbocycles. The summed E-state index contributed by atoms with van der Waals surface area (Å²) in [6.07, 6.45) is 0.187.